The summed E-state index contributed by atoms with van der Waals surface area (Å²) >= 11 is 0. The summed E-state index contributed by atoms with van der Waals surface area (Å²) in [7, 11) is -0.262. The number of benzene rings is 1. The summed E-state index contributed by atoms with van der Waals surface area (Å²) in [6, 6.07) is 8.61. The molecule has 0 spiro atoms. The van der Waals surface area contributed by atoms with Gasteiger partial charge in [-0.15, -0.1) is 0 Å². The van der Waals surface area contributed by atoms with Crippen molar-refractivity contribution in [1.82, 2.24) is 0 Å². The van der Waals surface area contributed by atoms with Crippen LogP contribution in [0.25, 0.3) is 5.57 Å². The Labute approximate surface area is 122 Å². The largest absolute Gasteiger partial charge is 0.494 e. The SMILES string of the molecule is CC1(C)OB(c2cccc(C3=CCCC3)c2)OC1(C)C. The summed E-state index contributed by atoms with van der Waals surface area (Å²) in [5.74, 6) is 0. The average molecular weight is 270 g/mol. The van der Waals surface area contributed by atoms with Crippen LogP contribution in [-0.4, -0.2) is 18.3 Å². The van der Waals surface area contributed by atoms with Crippen molar-refractivity contribution < 1.29 is 9.31 Å². The predicted octanol–water partition coefficient (Wildman–Crippen LogP) is 3.55. The van der Waals surface area contributed by atoms with Crippen molar-refractivity contribution in [2.45, 2.75) is 58.2 Å². The third-order valence-corrected chi connectivity index (χ3v) is 4.82. The van der Waals surface area contributed by atoms with E-state index < -0.39 is 0 Å². The van der Waals surface area contributed by atoms with E-state index in [1.165, 1.54) is 30.4 Å². The zero-order valence-electron chi connectivity index (χ0n) is 12.9. The Morgan fingerprint density at radius 2 is 1.75 bits per heavy atom. The van der Waals surface area contributed by atoms with Gasteiger partial charge in [0, 0.05) is 0 Å². The second-order valence-electron chi connectivity index (χ2n) is 6.84. The molecule has 0 N–H and O–H groups in total. The van der Waals surface area contributed by atoms with Gasteiger partial charge < -0.3 is 9.31 Å². The van der Waals surface area contributed by atoms with E-state index in [4.69, 9.17) is 9.31 Å². The molecule has 3 heteroatoms. The summed E-state index contributed by atoms with van der Waals surface area (Å²) in [6.45, 7) is 8.37. The van der Waals surface area contributed by atoms with E-state index >= 15 is 0 Å². The molecule has 0 amide bonds. The van der Waals surface area contributed by atoms with Crippen molar-refractivity contribution in [3.63, 3.8) is 0 Å². The average Bonchev–Trinajstić information content (AvgIpc) is 2.97. The van der Waals surface area contributed by atoms with Crippen LogP contribution in [0, 0.1) is 0 Å². The molecule has 2 nitrogen and oxygen atoms in total. The van der Waals surface area contributed by atoms with E-state index in [1.54, 1.807) is 0 Å². The predicted molar refractivity (Wildman–Crippen MR) is 84.0 cm³/mol. The van der Waals surface area contributed by atoms with E-state index in [0.717, 1.165) is 5.46 Å². The molecule has 1 aromatic carbocycles. The first-order valence-electron chi connectivity index (χ1n) is 7.54. The zero-order chi connectivity index (χ0) is 14.4. The highest BCUT2D eigenvalue weighted by molar-refractivity contribution is 6.62. The Morgan fingerprint density at radius 1 is 1.05 bits per heavy atom. The second kappa shape index (κ2) is 4.75. The second-order valence-corrected chi connectivity index (χ2v) is 6.84. The molecule has 0 bridgehead atoms. The van der Waals surface area contributed by atoms with Crippen LogP contribution in [0.15, 0.2) is 30.3 Å². The molecule has 20 heavy (non-hydrogen) atoms. The van der Waals surface area contributed by atoms with Crippen molar-refractivity contribution in [1.29, 1.82) is 0 Å². The van der Waals surface area contributed by atoms with Gasteiger partial charge in [-0.05, 0) is 63.6 Å². The Hall–Kier alpha value is -1.06. The Morgan fingerprint density at radius 3 is 2.35 bits per heavy atom. The molecular weight excluding hydrogens is 247 g/mol. The molecule has 1 aliphatic carbocycles. The first-order valence-corrected chi connectivity index (χ1v) is 7.54. The maximum Gasteiger partial charge on any atom is 0.494 e. The molecule has 0 atom stereocenters. The van der Waals surface area contributed by atoms with Crippen molar-refractivity contribution >= 4 is 18.2 Å². The molecule has 1 aromatic rings. The van der Waals surface area contributed by atoms with Gasteiger partial charge in [0.05, 0.1) is 11.2 Å². The highest BCUT2D eigenvalue weighted by atomic mass is 16.7. The zero-order valence-corrected chi connectivity index (χ0v) is 12.9. The topological polar surface area (TPSA) is 18.5 Å². The van der Waals surface area contributed by atoms with Gasteiger partial charge >= 0.3 is 7.12 Å². The lowest BCUT2D eigenvalue weighted by molar-refractivity contribution is 0.00578. The van der Waals surface area contributed by atoms with Gasteiger partial charge in [-0.3, -0.25) is 0 Å². The minimum Gasteiger partial charge on any atom is -0.399 e. The molecule has 1 fully saturated rings. The number of hydrogen-bond acceptors (Lipinski definition) is 2. The highest BCUT2D eigenvalue weighted by Gasteiger charge is 2.51. The van der Waals surface area contributed by atoms with Crippen LogP contribution in [0.2, 0.25) is 0 Å². The van der Waals surface area contributed by atoms with Gasteiger partial charge in [-0.2, -0.15) is 0 Å². The normalized spacial score (nSPS) is 24.0. The van der Waals surface area contributed by atoms with Gasteiger partial charge in [0.1, 0.15) is 0 Å². The summed E-state index contributed by atoms with van der Waals surface area (Å²) in [4.78, 5) is 0. The van der Waals surface area contributed by atoms with E-state index in [9.17, 15) is 0 Å². The van der Waals surface area contributed by atoms with Gasteiger partial charge in [0.15, 0.2) is 0 Å². The Balaban J connectivity index is 1.87. The molecular formula is C17H23BO2. The lowest BCUT2D eigenvalue weighted by atomic mass is 9.78. The molecule has 2 aliphatic rings. The first kappa shape index (κ1) is 13.9. The third-order valence-electron chi connectivity index (χ3n) is 4.82. The van der Waals surface area contributed by atoms with E-state index in [2.05, 4.69) is 58.0 Å². The van der Waals surface area contributed by atoms with Crippen LogP contribution in [-0.2, 0) is 9.31 Å². The highest BCUT2D eigenvalue weighted by Crippen LogP contribution is 2.36. The molecule has 0 saturated carbocycles. The molecule has 106 valence electrons. The van der Waals surface area contributed by atoms with Gasteiger partial charge in [0.25, 0.3) is 0 Å². The van der Waals surface area contributed by atoms with E-state index in [0.29, 0.717) is 0 Å². The molecule has 1 saturated heterocycles. The lowest BCUT2D eigenvalue weighted by Gasteiger charge is -2.32. The molecule has 0 aromatic heterocycles. The fraction of sp³-hybridized carbons (Fsp3) is 0.529. The fourth-order valence-corrected chi connectivity index (χ4v) is 2.80. The van der Waals surface area contributed by atoms with E-state index in [-0.39, 0.29) is 18.3 Å². The van der Waals surface area contributed by atoms with Crippen LogP contribution < -0.4 is 5.46 Å². The Kier molecular flexibility index (Phi) is 3.30. The summed E-state index contributed by atoms with van der Waals surface area (Å²) in [5.41, 5.74) is 3.34. The van der Waals surface area contributed by atoms with Gasteiger partial charge in [-0.1, -0.05) is 30.3 Å². The maximum atomic E-state index is 6.13. The standard InChI is InChI=1S/C17H23BO2/c1-16(2)17(3,4)20-18(19-16)15-11-7-10-14(12-15)13-8-5-6-9-13/h7-8,10-12H,5-6,9H2,1-4H3. The minimum atomic E-state index is -0.277. The molecule has 0 unspecified atom stereocenters. The minimum absolute atomic E-state index is 0.262. The van der Waals surface area contributed by atoms with Crippen molar-refractivity contribution in [2.75, 3.05) is 0 Å². The van der Waals surface area contributed by atoms with Gasteiger partial charge in [0.2, 0.25) is 0 Å². The molecule has 0 radical (unpaired) electrons. The summed E-state index contributed by atoms with van der Waals surface area (Å²) in [6.07, 6.45) is 6.02. The van der Waals surface area contributed by atoms with E-state index in [1.807, 2.05) is 0 Å². The van der Waals surface area contributed by atoms with Crippen LogP contribution >= 0.6 is 0 Å². The Bertz CT molecular complexity index is 530. The van der Waals surface area contributed by atoms with Crippen LogP contribution in [0.4, 0.5) is 0 Å². The summed E-state index contributed by atoms with van der Waals surface area (Å²) in [5, 5.41) is 0. The molecule has 1 heterocycles. The lowest BCUT2D eigenvalue weighted by Crippen LogP contribution is -2.41. The molecule has 1 aliphatic heterocycles. The smallest absolute Gasteiger partial charge is 0.399 e. The quantitative estimate of drug-likeness (QED) is 0.765. The fourth-order valence-electron chi connectivity index (χ4n) is 2.80. The number of allylic oxidation sites excluding steroid dienone is 2. The van der Waals surface area contributed by atoms with Gasteiger partial charge in [-0.25, -0.2) is 0 Å². The van der Waals surface area contributed by atoms with Crippen molar-refractivity contribution in [2.24, 2.45) is 0 Å². The van der Waals surface area contributed by atoms with Crippen LogP contribution in [0.3, 0.4) is 0 Å². The number of hydrogen-bond donors (Lipinski definition) is 0. The summed E-state index contributed by atoms with van der Waals surface area (Å²) < 4.78 is 12.3. The third kappa shape index (κ3) is 2.34. The number of rotatable bonds is 2. The van der Waals surface area contributed by atoms with Crippen molar-refractivity contribution in [3.05, 3.63) is 35.9 Å². The van der Waals surface area contributed by atoms with Crippen LogP contribution in [0.5, 0.6) is 0 Å². The maximum absolute atomic E-state index is 6.13. The van der Waals surface area contributed by atoms with Crippen LogP contribution in [0.1, 0.15) is 52.5 Å². The molecule has 3 rings (SSSR count). The van der Waals surface area contributed by atoms with Crippen molar-refractivity contribution in [3.8, 4) is 0 Å². The first-order chi connectivity index (χ1) is 9.39. The monoisotopic (exact) mass is 270 g/mol.